The Morgan fingerprint density at radius 1 is 1.33 bits per heavy atom. The van der Waals surface area contributed by atoms with Crippen LogP contribution < -0.4 is 0 Å². The van der Waals surface area contributed by atoms with E-state index in [4.69, 9.17) is 0 Å². The number of carbonyl (C=O) groups is 2. The van der Waals surface area contributed by atoms with Gasteiger partial charge in [-0.2, -0.15) is 12.6 Å². The lowest BCUT2D eigenvalue weighted by Crippen LogP contribution is -2.52. The van der Waals surface area contributed by atoms with Gasteiger partial charge in [-0.15, -0.1) is 0 Å². The molecule has 0 atom stereocenters. The molecular weight excluding hydrogens is 176 g/mol. The van der Waals surface area contributed by atoms with E-state index in [1.807, 2.05) is 0 Å². The first-order valence-electron chi connectivity index (χ1n) is 3.77. The van der Waals surface area contributed by atoms with Gasteiger partial charge in [-0.05, 0) is 0 Å². The van der Waals surface area contributed by atoms with Crippen LogP contribution in [-0.2, 0) is 9.59 Å². The fraction of sp³-hybridized carbons (Fsp3) is 0.714. The summed E-state index contributed by atoms with van der Waals surface area (Å²) in [4.78, 5) is 25.3. The van der Waals surface area contributed by atoms with E-state index in [0.717, 1.165) is 0 Å². The average molecular weight is 188 g/mol. The van der Waals surface area contributed by atoms with Gasteiger partial charge in [-0.25, -0.2) is 0 Å². The lowest BCUT2D eigenvalue weighted by molar-refractivity contribution is -0.148. The zero-order chi connectivity index (χ0) is 9.14. The minimum Gasteiger partial charge on any atom is -0.335 e. The van der Waals surface area contributed by atoms with Crippen molar-refractivity contribution in [1.29, 1.82) is 0 Å². The molecule has 0 aliphatic carbocycles. The van der Waals surface area contributed by atoms with E-state index in [9.17, 15) is 9.59 Å². The highest BCUT2D eigenvalue weighted by Gasteiger charge is 2.26. The number of hydrogen-bond donors (Lipinski definition) is 1. The number of hydrogen-bond acceptors (Lipinski definition) is 3. The molecule has 0 bridgehead atoms. The zero-order valence-corrected chi connectivity index (χ0v) is 7.88. The summed E-state index contributed by atoms with van der Waals surface area (Å²) in [5.74, 6) is 0.602. The average Bonchev–Trinajstić information content (AvgIpc) is 2.01. The van der Waals surface area contributed by atoms with Gasteiger partial charge in [0.25, 0.3) is 0 Å². The van der Waals surface area contributed by atoms with Crippen molar-refractivity contribution in [2.45, 2.75) is 0 Å². The smallest absolute Gasteiger partial charge is 0.242 e. The minimum absolute atomic E-state index is 0.00335. The molecule has 0 unspecified atom stereocenters. The highest BCUT2D eigenvalue weighted by molar-refractivity contribution is 7.80. The molecule has 0 N–H and O–H groups in total. The van der Waals surface area contributed by atoms with E-state index in [0.29, 0.717) is 12.3 Å². The zero-order valence-electron chi connectivity index (χ0n) is 6.99. The van der Waals surface area contributed by atoms with E-state index >= 15 is 0 Å². The molecule has 1 heterocycles. The molecular formula is C7H12N2O2S. The first-order chi connectivity index (χ1) is 5.65. The van der Waals surface area contributed by atoms with Crippen LogP contribution >= 0.6 is 12.6 Å². The van der Waals surface area contributed by atoms with Gasteiger partial charge in [-0.3, -0.25) is 9.59 Å². The maximum atomic E-state index is 11.2. The molecule has 1 aliphatic rings. The molecule has 0 radical (unpaired) electrons. The summed E-state index contributed by atoms with van der Waals surface area (Å²) in [7, 11) is 1.64. The summed E-state index contributed by atoms with van der Waals surface area (Å²) in [5.41, 5.74) is 0. The van der Waals surface area contributed by atoms with Crippen LogP contribution in [0.5, 0.6) is 0 Å². The number of thiol groups is 1. The van der Waals surface area contributed by atoms with Gasteiger partial charge >= 0.3 is 0 Å². The van der Waals surface area contributed by atoms with Gasteiger partial charge in [0.15, 0.2) is 0 Å². The third-order valence-electron chi connectivity index (χ3n) is 1.85. The predicted octanol–water partition coefficient (Wildman–Crippen LogP) is -0.783. The second kappa shape index (κ2) is 3.80. The molecule has 12 heavy (non-hydrogen) atoms. The largest absolute Gasteiger partial charge is 0.335 e. The fourth-order valence-corrected chi connectivity index (χ4v) is 1.33. The summed E-state index contributed by atoms with van der Waals surface area (Å²) >= 11 is 4.00. The van der Waals surface area contributed by atoms with Crippen LogP contribution in [0.1, 0.15) is 0 Å². The van der Waals surface area contributed by atoms with E-state index in [2.05, 4.69) is 12.6 Å². The van der Waals surface area contributed by atoms with Crippen LogP contribution in [-0.4, -0.2) is 54.0 Å². The van der Waals surface area contributed by atoms with Crippen molar-refractivity contribution in [2.24, 2.45) is 0 Å². The summed E-state index contributed by atoms with van der Waals surface area (Å²) in [5, 5.41) is 0. The molecule has 0 aromatic carbocycles. The van der Waals surface area contributed by atoms with Crippen molar-refractivity contribution < 1.29 is 9.59 Å². The molecule has 1 fully saturated rings. The van der Waals surface area contributed by atoms with Crippen LogP contribution in [0.15, 0.2) is 0 Å². The van der Waals surface area contributed by atoms with Gasteiger partial charge in [0, 0.05) is 19.3 Å². The van der Waals surface area contributed by atoms with Gasteiger partial charge in [0.2, 0.25) is 11.8 Å². The molecule has 1 saturated heterocycles. The normalized spacial score (nSPS) is 18.8. The lowest BCUT2D eigenvalue weighted by Gasteiger charge is -2.31. The van der Waals surface area contributed by atoms with Crippen LogP contribution in [0.3, 0.4) is 0 Å². The molecule has 0 aromatic heterocycles. The third kappa shape index (κ3) is 1.91. The monoisotopic (exact) mass is 188 g/mol. The minimum atomic E-state index is -0.00335. The Hall–Kier alpha value is -0.710. The Balaban J connectivity index is 2.55. The molecule has 2 amide bonds. The molecule has 0 saturated carbocycles. The van der Waals surface area contributed by atoms with E-state index < -0.39 is 0 Å². The van der Waals surface area contributed by atoms with Gasteiger partial charge in [0.05, 0.1) is 13.1 Å². The topological polar surface area (TPSA) is 40.6 Å². The van der Waals surface area contributed by atoms with Crippen molar-refractivity contribution in [1.82, 2.24) is 9.80 Å². The summed E-state index contributed by atoms with van der Waals surface area (Å²) in [6.07, 6.45) is 0. The number of piperazine rings is 1. The Morgan fingerprint density at radius 3 is 2.58 bits per heavy atom. The van der Waals surface area contributed by atoms with Gasteiger partial charge in [-0.1, -0.05) is 0 Å². The number of nitrogens with zero attached hydrogens (tertiary/aromatic N) is 2. The van der Waals surface area contributed by atoms with E-state index in [-0.39, 0.29) is 24.9 Å². The highest BCUT2D eigenvalue weighted by Crippen LogP contribution is 2.02. The summed E-state index contributed by atoms with van der Waals surface area (Å²) in [6.45, 7) is 0.962. The van der Waals surface area contributed by atoms with Crippen molar-refractivity contribution in [2.75, 3.05) is 32.4 Å². The molecule has 1 rings (SSSR count). The van der Waals surface area contributed by atoms with Crippen LogP contribution in [0.4, 0.5) is 0 Å². The van der Waals surface area contributed by atoms with Crippen molar-refractivity contribution in [3.8, 4) is 0 Å². The predicted molar refractivity (Wildman–Crippen MR) is 48.1 cm³/mol. The van der Waals surface area contributed by atoms with E-state index in [1.54, 1.807) is 7.05 Å². The molecule has 5 heteroatoms. The second-order valence-corrected chi connectivity index (χ2v) is 3.24. The van der Waals surface area contributed by atoms with Crippen LogP contribution in [0.2, 0.25) is 0 Å². The maximum absolute atomic E-state index is 11.2. The SMILES string of the molecule is CN1CC(=O)N(CCS)CC1=O. The van der Waals surface area contributed by atoms with Crippen molar-refractivity contribution in [3.05, 3.63) is 0 Å². The van der Waals surface area contributed by atoms with Gasteiger partial charge in [0.1, 0.15) is 0 Å². The standard InChI is InChI=1S/C7H12N2O2S/c1-8-4-7(11)9(2-3-12)5-6(8)10/h12H,2-5H2,1H3. The van der Waals surface area contributed by atoms with E-state index in [1.165, 1.54) is 9.80 Å². The highest BCUT2D eigenvalue weighted by atomic mass is 32.1. The molecule has 0 aromatic rings. The molecule has 1 aliphatic heterocycles. The first-order valence-corrected chi connectivity index (χ1v) is 4.41. The lowest BCUT2D eigenvalue weighted by atomic mass is 10.3. The van der Waals surface area contributed by atoms with Crippen LogP contribution in [0.25, 0.3) is 0 Å². The van der Waals surface area contributed by atoms with Gasteiger partial charge < -0.3 is 9.80 Å². The molecule has 68 valence electrons. The van der Waals surface area contributed by atoms with Crippen molar-refractivity contribution >= 4 is 24.4 Å². The second-order valence-electron chi connectivity index (χ2n) is 2.79. The number of carbonyl (C=O) groups excluding carboxylic acids is 2. The number of amides is 2. The summed E-state index contributed by atoms with van der Waals surface area (Å²) < 4.78 is 0. The van der Waals surface area contributed by atoms with Crippen molar-refractivity contribution in [3.63, 3.8) is 0 Å². The first kappa shape index (κ1) is 9.38. The number of likely N-dealkylation sites (N-methyl/N-ethyl adjacent to an activating group) is 1. The Morgan fingerprint density at radius 2 is 2.00 bits per heavy atom. The molecule has 4 nitrogen and oxygen atoms in total. The molecule has 0 spiro atoms. The fourth-order valence-electron chi connectivity index (χ4n) is 1.09. The third-order valence-corrected chi connectivity index (χ3v) is 2.05. The maximum Gasteiger partial charge on any atom is 0.242 e. The quantitative estimate of drug-likeness (QED) is 0.577. The summed E-state index contributed by atoms with van der Waals surface area (Å²) in [6, 6.07) is 0. The van der Waals surface area contributed by atoms with Crippen LogP contribution in [0, 0.1) is 0 Å². The Bertz CT molecular complexity index is 208. The number of rotatable bonds is 2. The Labute approximate surface area is 76.9 Å². The Kier molecular flexibility index (Phi) is 2.97.